The summed E-state index contributed by atoms with van der Waals surface area (Å²) >= 11 is 1.08. The molecule has 0 saturated heterocycles. The summed E-state index contributed by atoms with van der Waals surface area (Å²) in [4.78, 5) is 0. The zero-order valence-corrected chi connectivity index (χ0v) is 7.73. The van der Waals surface area contributed by atoms with Gasteiger partial charge in [-0.25, -0.2) is 8.42 Å². The molecule has 0 unspecified atom stereocenters. The highest BCUT2D eigenvalue weighted by Gasteiger charge is 2.09. The minimum atomic E-state index is -3.33. The summed E-state index contributed by atoms with van der Waals surface area (Å²) in [5.74, 6) is 0.137. The van der Waals surface area contributed by atoms with Gasteiger partial charge in [-0.1, -0.05) is 4.49 Å². The molecule has 0 amide bonds. The second kappa shape index (κ2) is 3.78. The minimum absolute atomic E-state index is 0.0902. The Labute approximate surface area is 74.0 Å². The second-order valence-electron chi connectivity index (χ2n) is 2.00. The maximum absolute atomic E-state index is 11.0. The Morgan fingerprint density at radius 2 is 2.42 bits per heavy atom. The van der Waals surface area contributed by atoms with Crippen molar-refractivity contribution >= 4 is 27.4 Å². The van der Waals surface area contributed by atoms with Crippen LogP contribution in [0.25, 0.3) is 0 Å². The smallest absolute Gasteiger partial charge is 0.235 e. The van der Waals surface area contributed by atoms with Crippen LogP contribution in [0.2, 0.25) is 0 Å². The third-order valence-corrected chi connectivity index (χ3v) is 2.80. The van der Waals surface area contributed by atoms with Gasteiger partial charge in [-0.2, -0.15) is 0 Å². The number of nitrogens with one attached hydrogen (secondary N) is 1. The second-order valence-corrected chi connectivity index (χ2v) is 4.45. The van der Waals surface area contributed by atoms with Gasteiger partial charge in [0.05, 0.1) is 11.1 Å². The quantitative estimate of drug-likeness (QED) is 0.677. The highest BCUT2D eigenvalue weighted by Crippen LogP contribution is 2.05. The lowest BCUT2D eigenvalue weighted by Crippen LogP contribution is -2.22. The van der Waals surface area contributed by atoms with E-state index in [9.17, 15) is 8.42 Å². The van der Waals surface area contributed by atoms with E-state index in [1.54, 1.807) is 0 Å². The molecule has 1 aromatic heterocycles. The van der Waals surface area contributed by atoms with Crippen LogP contribution in [0.5, 0.6) is 0 Å². The molecule has 0 saturated carbocycles. The molecule has 0 aromatic carbocycles. The van der Waals surface area contributed by atoms with Crippen molar-refractivity contribution in [2.45, 2.75) is 0 Å². The number of anilines is 1. The lowest BCUT2D eigenvalue weighted by atomic mass is 10.8. The van der Waals surface area contributed by atoms with Crippen LogP contribution in [0.3, 0.4) is 0 Å². The summed E-state index contributed by atoms with van der Waals surface area (Å²) in [6.07, 6.45) is 0. The molecule has 6 nitrogen and oxygen atoms in total. The van der Waals surface area contributed by atoms with Gasteiger partial charge in [-0.05, 0) is 11.5 Å². The number of nitrogens with two attached hydrogens (primary N) is 1. The molecule has 12 heavy (non-hydrogen) atoms. The van der Waals surface area contributed by atoms with Crippen molar-refractivity contribution < 1.29 is 8.42 Å². The summed E-state index contributed by atoms with van der Waals surface area (Å²) in [5, 5.41) is 5.03. The van der Waals surface area contributed by atoms with Crippen molar-refractivity contribution in [3.05, 3.63) is 5.38 Å². The van der Waals surface area contributed by atoms with Crippen LogP contribution in [-0.2, 0) is 10.0 Å². The minimum Gasteiger partial charge on any atom is -0.329 e. The van der Waals surface area contributed by atoms with E-state index < -0.39 is 10.0 Å². The first-order valence-corrected chi connectivity index (χ1v) is 5.60. The van der Waals surface area contributed by atoms with Gasteiger partial charge in [-0.15, -0.1) is 5.10 Å². The molecule has 0 spiro atoms. The Morgan fingerprint density at radius 3 is 2.92 bits per heavy atom. The van der Waals surface area contributed by atoms with Crippen molar-refractivity contribution in [2.75, 3.05) is 17.0 Å². The maximum Gasteiger partial charge on any atom is 0.235 e. The Kier molecular flexibility index (Phi) is 2.95. The number of hydrogen-bond donors (Lipinski definition) is 2. The first kappa shape index (κ1) is 9.36. The molecule has 0 aliphatic heterocycles. The van der Waals surface area contributed by atoms with E-state index >= 15 is 0 Å². The molecule has 0 aliphatic carbocycles. The van der Waals surface area contributed by atoms with Crippen molar-refractivity contribution in [3.8, 4) is 0 Å². The molecular formula is C4H8N4O2S2. The standard InChI is InChI=1S/C4H8N4O2S2/c5-1-2-12(9,10)7-4-3-11-8-6-4/h3,7H,1-2,5H2. The molecule has 8 heteroatoms. The lowest BCUT2D eigenvalue weighted by Gasteiger charge is -2.01. The Bertz CT molecular complexity index is 319. The van der Waals surface area contributed by atoms with E-state index in [1.807, 2.05) is 0 Å². The zero-order valence-electron chi connectivity index (χ0n) is 6.10. The van der Waals surface area contributed by atoms with E-state index in [0.29, 0.717) is 0 Å². The van der Waals surface area contributed by atoms with Crippen molar-refractivity contribution in [3.63, 3.8) is 0 Å². The van der Waals surface area contributed by atoms with Crippen LogP contribution in [0.1, 0.15) is 0 Å². The van der Waals surface area contributed by atoms with Crippen LogP contribution in [0, 0.1) is 0 Å². The molecular weight excluding hydrogens is 200 g/mol. The van der Waals surface area contributed by atoms with Crippen LogP contribution < -0.4 is 10.5 Å². The van der Waals surface area contributed by atoms with Crippen molar-refractivity contribution in [1.29, 1.82) is 0 Å². The third kappa shape index (κ3) is 2.72. The van der Waals surface area contributed by atoms with E-state index in [0.717, 1.165) is 11.5 Å². The van der Waals surface area contributed by atoms with Crippen molar-refractivity contribution in [1.82, 2.24) is 9.59 Å². The Hall–Kier alpha value is -0.730. The van der Waals surface area contributed by atoms with Gasteiger partial charge in [0.1, 0.15) is 0 Å². The van der Waals surface area contributed by atoms with E-state index in [2.05, 4.69) is 14.3 Å². The Morgan fingerprint density at radius 1 is 1.67 bits per heavy atom. The fourth-order valence-corrected chi connectivity index (χ4v) is 1.87. The molecule has 0 bridgehead atoms. The topological polar surface area (TPSA) is 98.0 Å². The number of nitrogens with zero attached hydrogens (tertiary/aromatic N) is 2. The van der Waals surface area contributed by atoms with E-state index in [1.165, 1.54) is 5.38 Å². The lowest BCUT2D eigenvalue weighted by molar-refractivity contribution is 0.601. The first-order valence-electron chi connectivity index (χ1n) is 3.11. The van der Waals surface area contributed by atoms with Gasteiger partial charge in [0, 0.05) is 6.54 Å². The van der Waals surface area contributed by atoms with Gasteiger partial charge in [-0.3, -0.25) is 4.72 Å². The Balaban J connectivity index is 2.63. The largest absolute Gasteiger partial charge is 0.329 e. The van der Waals surface area contributed by atoms with Crippen LogP contribution in [0.15, 0.2) is 5.38 Å². The SMILES string of the molecule is NCCS(=O)(=O)Nc1csnn1. The number of aromatic nitrogens is 2. The molecule has 0 fully saturated rings. The molecule has 1 heterocycles. The maximum atomic E-state index is 11.0. The fraction of sp³-hybridized carbons (Fsp3) is 0.500. The molecule has 0 atom stereocenters. The normalized spacial score (nSPS) is 11.4. The van der Waals surface area contributed by atoms with Gasteiger partial charge in [0.2, 0.25) is 10.0 Å². The predicted octanol–water partition coefficient (Wildman–Crippen LogP) is -0.762. The van der Waals surface area contributed by atoms with Gasteiger partial charge >= 0.3 is 0 Å². The van der Waals surface area contributed by atoms with Crippen LogP contribution in [-0.4, -0.2) is 30.3 Å². The number of sulfonamides is 1. The first-order chi connectivity index (χ1) is 5.64. The van der Waals surface area contributed by atoms with Crippen molar-refractivity contribution in [2.24, 2.45) is 5.73 Å². The van der Waals surface area contributed by atoms with Gasteiger partial charge in [0.15, 0.2) is 5.82 Å². The fourth-order valence-electron chi connectivity index (χ4n) is 0.575. The number of hydrogen-bond acceptors (Lipinski definition) is 6. The highest BCUT2D eigenvalue weighted by atomic mass is 32.2. The summed E-state index contributed by atoms with van der Waals surface area (Å²) in [6, 6.07) is 0. The summed E-state index contributed by atoms with van der Waals surface area (Å²) < 4.78 is 27.8. The molecule has 3 N–H and O–H groups in total. The third-order valence-electron chi connectivity index (χ3n) is 1.01. The summed E-state index contributed by atoms with van der Waals surface area (Å²) in [5.41, 5.74) is 5.09. The molecule has 1 rings (SSSR count). The molecule has 1 aromatic rings. The number of rotatable bonds is 4. The molecule has 0 radical (unpaired) electrons. The van der Waals surface area contributed by atoms with E-state index in [-0.39, 0.29) is 18.1 Å². The molecule has 0 aliphatic rings. The average Bonchev–Trinajstić information content (AvgIpc) is 2.38. The highest BCUT2D eigenvalue weighted by molar-refractivity contribution is 7.92. The van der Waals surface area contributed by atoms with Crippen LogP contribution in [0.4, 0.5) is 5.82 Å². The summed E-state index contributed by atoms with van der Waals surface area (Å²) in [6.45, 7) is 0.0902. The van der Waals surface area contributed by atoms with Gasteiger partial charge < -0.3 is 5.73 Å². The monoisotopic (exact) mass is 208 g/mol. The zero-order chi connectivity index (χ0) is 9.03. The van der Waals surface area contributed by atoms with E-state index in [4.69, 9.17) is 5.73 Å². The van der Waals surface area contributed by atoms with Gasteiger partial charge in [0.25, 0.3) is 0 Å². The predicted molar refractivity (Wildman–Crippen MR) is 46.4 cm³/mol. The summed E-state index contributed by atoms with van der Waals surface area (Å²) in [7, 11) is -3.33. The molecule has 68 valence electrons. The van der Waals surface area contributed by atoms with Crippen LogP contribution >= 0.6 is 11.5 Å². The average molecular weight is 208 g/mol.